The lowest BCUT2D eigenvalue weighted by Gasteiger charge is -2.28. The number of β-amino-alcohol motifs (C(OH)–C–C–N with tert-alkyl or cyclic N) is 1. The lowest BCUT2D eigenvalue weighted by Crippen LogP contribution is -2.44. The third-order valence-electron chi connectivity index (χ3n) is 5.88. The number of anilines is 1. The van der Waals surface area contributed by atoms with Crippen LogP contribution in [-0.2, 0) is 9.53 Å². The number of morpholine rings is 1. The number of aliphatic hydroxyl groups excluding tert-OH is 1. The Kier molecular flexibility index (Phi) is 6.40. The predicted molar refractivity (Wildman–Crippen MR) is 119 cm³/mol. The van der Waals surface area contributed by atoms with Gasteiger partial charge in [0.2, 0.25) is 0 Å². The number of halogens is 1. The molecule has 3 N–H and O–H groups in total. The molecule has 0 unspecified atom stereocenters. The third-order valence-corrected chi connectivity index (χ3v) is 5.88. The van der Waals surface area contributed by atoms with Crippen molar-refractivity contribution < 1.29 is 23.9 Å². The van der Waals surface area contributed by atoms with Crippen molar-refractivity contribution >= 4 is 29.2 Å². The number of benzene rings is 1. The van der Waals surface area contributed by atoms with Crippen LogP contribution in [0.4, 0.5) is 10.2 Å². The molecule has 1 aromatic heterocycles. The number of aromatic amines is 1. The van der Waals surface area contributed by atoms with Gasteiger partial charge in [-0.2, -0.15) is 0 Å². The Labute approximate surface area is 185 Å². The minimum atomic E-state index is -0.741. The second-order valence-electron chi connectivity index (χ2n) is 8.10. The molecule has 170 valence electrons. The Morgan fingerprint density at radius 3 is 2.78 bits per heavy atom. The van der Waals surface area contributed by atoms with Crippen molar-refractivity contribution in [3.05, 3.63) is 52.3 Å². The van der Waals surface area contributed by atoms with Gasteiger partial charge in [-0.05, 0) is 31.6 Å². The van der Waals surface area contributed by atoms with E-state index in [1.807, 2.05) is 0 Å². The number of carbonyl (C=O) groups is 2. The van der Waals surface area contributed by atoms with Crippen molar-refractivity contribution in [3.8, 4) is 0 Å². The zero-order chi connectivity index (χ0) is 22.8. The van der Waals surface area contributed by atoms with E-state index in [9.17, 15) is 19.2 Å². The molecular formula is C23H27FN4O4. The molecule has 2 amide bonds. The summed E-state index contributed by atoms with van der Waals surface area (Å²) in [6.45, 7) is 6.94. The summed E-state index contributed by atoms with van der Waals surface area (Å²) < 4.78 is 19.6. The average molecular weight is 442 g/mol. The number of ether oxygens (including phenoxy) is 1. The third kappa shape index (κ3) is 4.32. The fourth-order valence-electron chi connectivity index (χ4n) is 4.19. The van der Waals surface area contributed by atoms with E-state index in [-0.39, 0.29) is 28.8 Å². The molecule has 0 spiro atoms. The van der Waals surface area contributed by atoms with E-state index in [0.29, 0.717) is 47.8 Å². The van der Waals surface area contributed by atoms with E-state index in [1.54, 1.807) is 44.2 Å². The van der Waals surface area contributed by atoms with E-state index < -0.39 is 12.0 Å². The summed E-state index contributed by atoms with van der Waals surface area (Å²) in [6, 6.07) is 6.64. The van der Waals surface area contributed by atoms with Gasteiger partial charge in [0.1, 0.15) is 0 Å². The van der Waals surface area contributed by atoms with Gasteiger partial charge in [-0.1, -0.05) is 22.7 Å². The maximum absolute atomic E-state index is 14.3. The summed E-state index contributed by atoms with van der Waals surface area (Å²) in [5, 5.41) is 13.2. The first kappa shape index (κ1) is 22.2. The van der Waals surface area contributed by atoms with Gasteiger partial charge < -0.3 is 20.1 Å². The maximum Gasteiger partial charge on any atom is 0.287 e. The SMILES string of the molecule is Cc1[nH]c(/C=C2\C(=O)N(F)c3ccccc32)c(C)c1C(=O)NC[C@H](O)CN1CCOCC1. The number of H-pyrrole nitrogens is 1. The molecule has 2 aliphatic rings. The second-order valence-corrected chi connectivity index (χ2v) is 8.10. The van der Waals surface area contributed by atoms with E-state index in [2.05, 4.69) is 15.2 Å². The fourth-order valence-corrected chi connectivity index (χ4v) is 4.19. The van der Waals surface area contributed by atoms with E-state index in [1.165, 1.54) is 0 Å². The molecule has 3 heterocycles. The first-order valence-electron chi connectivity index (χ1n) is 10.6. The summed E-state index contributed by atoms with van der Waals surface area (Å²) in [4.78, 5) is 30.4. The summed E-state index contributed by atoms with van der Waals surface area (Å²) >= 11 is 0. The highest BCUT2D eigenvalue weighted by Crippen LogP contribution is 2.38. The molecule has 4 rings (SSSR count). The van der Waals surface area contributed by atoms with Crippen molar-refractivity contribution in [2.75, 3.05) is 44.5 Å². The van der Waals surface area contributed by atoms with Gasteiger partial charge in [0.15, 0.2) is 0 Å². The minimum Gasteiger partial charge on any atom is -0.390 e. The van der Waals surface area contributed by atoms with Crippen molar-refractivity contribution in [2.45, 2.75) is 20.0 Å². The molecule has 32 heavy (non-hydrogen) atoms. The Morgan fingerprint density at radius 2 is 2.03 bits per heavy atom. The Bertz CT molecular complexity index is 1060. The molecule has 1 atom stereocenters. The summed E-state index contributed by atoms with van der Waals surface area (Å²) in [7, 11) is 0. The van der Waals surface area contributed by atoms with Crippen LogP contribution in [0.3, 0.4) is 0 Å². The van der Waals surface area contributed by atoms with Gasteiger partial charge in [-0.3, -0.25) is 14.5 Å². The standard InChI is InChI=1S/C23H27FN4O4/c1-14-19(11-18-17-5-3-4-6-20(17)28(24)23(18)31)26-15(2)21(14)22(30)25-12-16(29)13-27-7-9-32-10-8-27/h3-6,11,16,26,29H,7-10,12-13H2,1-2H3,(H,25,30)/b18-11-/t16-/m0/s1. The zero-order valence-electron chi connectivity index (χ0n) is 18.2. The molecule has 9 heteroatoms. The number of aryl methyl sites for hydroxylation is 1. The van der Waals surface area contributed by atoms with Gasteiger partial charge in [0.25, 0.3) is 11.8 Å². The van der Waals surface area contributed by atoms with Crippen molar-refractivity contribution in [2.24, 2.45) is 0 Å². The van der Waals surface area contributed by atoms with Crippen LogP contribution in [0.5, 0.6) is 0 Å². The normalized spacial score (nSPS) is 18.8. The van der Waals surface area contributed by atoms with E-state index in [4.69, 9.17) is 4.74 Å². The number of hydrogen-bond acceptors (Lipinski definition) is 5. The number of carbonyl (C=O) groups excluding carboxylic acids is 2. The molecule has 1 aromatic carbocycles. The number of fused-ring (bicyclic) bond motifs is 1. The van der Waals surface area contributed by atoms with Crippen molar-refractivity contribution in [1.82, 2.24) is 15.2 Å². The molecule has 0 saturated carbocycles. The highest BCUT2D eigenvalue weighted by atomic mass is 19.2. The number of nitrogens with one attached hydrogen (secondary N) is 2. The summed E-state index contributed by atoms with van der Waals surface area (Å²) in [6.07, 6.45) is 0.883. The van der Waals surface area contributed by atoms with Crippen LogP contribution in [0.1, 0.15) is 32.9 Å². The first-order valence-corrected chi connectivity index (χ1v) is 10.6. The number of nitrogens with zero attached hydrogens (tertiary/aromatic N) is 2. The number of rotatable bonds is 6. The molecule has 2 aliphatic heterocycles. The van der Waals surface area contributed by atoms with Crippen LogP contribution in [0.25, 0.3) is 11.6 Å². The molecule has 0 radical (unpaired) electrons. The number of hydrogen-bond donors (Lipinski definition) is 3. The predicted octanol–water partition coefficient (Wildman–Crippen LogP) is 1.83. The molecule has 1 saturated heterocycles. The number of aromatic nitrogens is 1. The Hall–Kier alpha value is -3.01. The molecule has 2 aromatic rings. The number of amides is 2. The van der Waals surface area contributed by atoms with Crippen LogP contribution in [0, 0.1) is 13.8 Å². The Morgan fingerprint density at radius 1 is 1.31 bits per heavy atom. The van der Waals surface area contributed by atoms with Gasteiger partial charge in [-0.25, -0.2) is 0 Å². The highest BCUT2D eigenvalue weighted by molar-refractivity contribution is 6.35. The van der Waals surface area contributed by atoms with Gasteiger partial charge >= 0.3 is 0 Å². The molecule has 0 bridgehead atoms. The smallest absolute Gasteiger partial charge is 0.287 e. The molecule has 8 nitrogen and oxygen atoms in total. The molecule has 1 fully saturated rings. The van der Waals surface area contributed by atoms with Gasteiger partial charge in [0, 0.05) is 43.1 Å². The maximum atomic E-state index is 14.3. The zero-order valence-corrected chi connectivity index (χ0v) is 18.2. The van der Waals surface area contributed by atoms with Crippen LogP contribution in [0.2, 0.25) is 0 Å². The average Bonchev–Trinajstić information content (AvgIpc) is 3.20. The van der Waals surface area contributed by atoms with Crippen LogP contribution in [0.15, 0.2) is 24.3 Å². The fraction of sp³-hybridized carbons (Fsp3) is 0.391. The lowest BCUT2D eigenvalue weighted by molar-refractivity contribution is -0.115. The quantitative estimate of drug-likeness (QED) is 0.468. The highest BCUT2D eigenvalue weighted by Gasteiger charge is 2.33. The van der Waals surface area contributed by atoms with Crippen LogP contribution in [-0.4, -0.2) is 72.3 Å². The van der Waals surface area contributed by atoms with Crippen LogP contribution < -0.4 is 10.4 Å². The van der Waals surface area contributed by atoms with Crippen LogP contribution >= 0.6 is 0 Å². The monoisotopic (exact) mass is 442 g/mol. The van der Waals surface area contributed by atoms with E-state index >= 15 is 0 Å². The largest absolute Gasteiger partial charge is 0.390 e. The first-order chi connectivity index (χ1) is 15.4. The lowest BCUT2D eigenvalue weighted by atomic mass is 10.0. The van der Waals surface area contributed by atoms with E-state index in [0.717, 1.165) is 13.1 Å². The minimum absolute atomic E-state index is 0.124. The molecular weight excluding hydrogens is 415 g/mol. The van der Waals surface area contributed by atoms with Gasteiger partial charge in [0.05, 0.1) is 36.1 Å². The second kappa shape index (κ2) is 9.23. The topological polar surface area (TPSA) is 97.9 Å². The summed E-state index contributed by atoms with van der Waals surface area (Å²) in [5.74, 6) is -1.05. The Balaban J connectivity index is 1.48. The number of para-hydroxylation sites is 1. The molecule has 0 aliphatic carbocycles. The van der Waals surface area contributed by atoms with Crippen molar-refractivity contribution in [3.63, 3.8) is 0 Å². The number of aliphatic hydroxyl groups is 1. The van der Waals surface area contributed by atoms with Crippen molar-refractivity contribution in [1.29, 1.82) is 0 Å². The summed E-state index contributed by atoms with van der Waals surface area (Å²) in [5.41, 5.74) is 3.23. The van der Waals surface area contributed by atoms with Gasteiger partial charge in [-0.15, -0.1) is 5.12 Å².